The van der Waals surface area contributed by atoms with Gasteiger partial charge in [0.05, 0.1) is 11.6 Å². The summed E-state index contributed by atoms with van der Waals surface area (Å²) in [5, 5.41) is 3.79. The van der Waals surface area contributed by atoms with Crippen molar-refractivity contribution in [2.24, 2.45) is 0 Å². The molecule has 0 aliphatic rings. The topological polar surface area (TPSA) is 68.0 Å². The van der Waals surface area contributed by atoms with Gasteiger partial charge in [-0.3, -0.25) is 4.79 Å². The van der Waals surface area contributed by atoms with Gasteiger partial charge >= 0.3 is 0 Å². The molecule has 1 aromatic heterocycles. The molecule has 1 amide bonds. The van der Waals surface area contributed by atoms with Gasteiger partial charge in [-0.05, 0) is 32.0 Å². The van der Waals surface area contributed by atoms with Crippen LogP contribution in [0.25, 0.3) is 0 Å². The monoisotopic (exact) mass is 339 g/mol. The highest BCUT2D eigenvalue weighted by molar-refractivity contribution is 9.10. The molecule has 4 nitrogen and oxygen atoms in total. The van der Waals surface area contributed by atoms with Gasteiger partial charge in [-0.2, -0.15) is 0 Å². The maximum atomic E-state index is 12.1. The van der Waals surface area contributed by atoms with Gasteiger partial charge in [-0.1, -0.05) is 15.9 Å². The number of carbonyl (C=O) groups is 1. The smallest absolute Gasteiger partial charge is 0.253 e. The molecule has 0 spiro atoms. The first-order chi connectivity index (χ1) is 8.97. The molecule has 3 N–H and O–H groups in total. The van der Waals surface area contributed by atoms with Crippen LogP contribution in [0.15, 0.2) is 28.9 Å². The van der Waals surface area contributed by atoms with Gasteiger partial charge < -0.3 is 11.1 Å². The van der Waals surface area contributed by atoms with Gasteiger partial charge in [0.1, 0.15) is 5.01 Å². The molecule has 1 aromatic carbocycles. The molecular formula is C13H14BrN3OS. The number of anilines is 1. The van der Waals surface area contributed by atoms with E-state index in [1.165, 1.54) is 0 Å². The molecule has 2 aromatic rings. The number of aromatic nitrogens is 1. The number of thiazole rings is 1. The number of benzene rings is 1. The fraction of sp³-hybridized carbons (Fsp3) is 0.231. The number of nitrogen functional groups attached to an aromatic ring is 1. The van der Waals surface area contributed by atoms with Gasteiger partial charge in [-0.25, -0.2) is 4.98 Å². The van der Waals surface area contributed by atoms with Crippen molar-refractivity contribution in [1.29, 1.82) is 0 Å². The third kappa shape index (κ3) is 3.33. The van der Waals surface area contributed by atoms with E-state index in [1.54, 1.807) is 35.7 Å². The van der Waals surface area contributed by atoms with Crippen LogP contribution in [-0.2, 0) is 0 Å². The van der Waals surface area contributed by atoms with Crippen molar-refractivity contribution < 1.29 is 4.79 Å². The van der Waals surface area contributed by atoms with Gasteiger partial charge in [0.15, 0.2) is 0 Å². The Bertz CT molecular complexity index is 612. The van der Waals surface area contributed by atoms with Crippen LogP contribution in [0.1, 0.15) is 33.2 Å². The van der Waals surface area contributed by atoms with E-state index in [4.69, 9.17) is 5.73 Å². The van der Waals surface area contributed by atoms with E-state index in [0.717, 1.165) is 14.4 Å². The largest absolute Gasteiger partial charge is 0.398 e. The highest BCUT2D eigenvalue weighted by Gasteiger charge is 2.15. The van der Waals surface area contributed by atoms with Crippen LogP contribution in [0.3, 0.4) is 0 Å². The van der Waals surface area contributed by atoms with Crippen molar-refractivity contribution in [2.45, 2.75) is 19.9 Å². The Morgan fingerprint density at radius 3 is 2.84 bits per heavy atom. The molecule has 0 saturated heterocycles. The van der Waals surface area contributed by atoms with Crippen molar-refractivity contribution >= 4 is 38.9 Å². The molecule has 1 unspecified atom stereocenters. The highest BCUT2D eigenvalue weighted by atomic mass is 79.9. The zero-order chi connectivity index (χ0) is 14.0. The van der Waals surface area contributed by atoms with Crippen LogP contribution in [0.2, 0.25) is 0 Å². The number of aryl methyl sites for hydroxylation is 1. The second-order valence-electron chi connectivity index (χ2n) is 4.24. The Kier molecular flexibility index (Phi) is 4.21. The first-order valence-corrected chi connectivity index (χ1v) is 7.36. The molecule has 0 fully saturated rings. The molecule has 6 heteroatoms. The normalized spacial score (nSPS) is 12.2. The lowest BCUT2D eigenvalue weighted by atomic mass is 10.1. The number of amides is 1. The zero-order valence-electron chi connectivity index (χ0n) is 10.6. The zero-order valence-corrected chi connectivity index (χ0v) is 13.0. The minimum atomic E-state index is -0.189. The molecule has 0 radical (unpaired) electrons. The molecule has 0 aliphatic heterocycles. The first kappa shape index (κ1) is 14.0. The van der Waals surface area contributed by atoms with E-state index in [0.29, 0.717) is 11.3 Å². The van der Waals surface area contributed by atoms with Crippen molar-refractivity contribution in [3.63, 3.8) is 0 Å². The number of hydrogen-bond acceptors (Lipinski definition) is 4. The summed E-state index contributed by atoms with van der Waals surface area (Å²) in [5.41, 5.74) is 6.77. The molecule has 0 aliphatic carbocycles. The van der Waals surface area contributed by atoms with E-state index >= 15 is 0 Å². The minimum Gasteiger partial charge on any atom is -0.398 e. The lowest BCUT2D eigenvalue weighted by molar-refractivity contribution is 0.0940. The number of nitrogens with two attached hydrogens (primary N) is 1. The van der Waals surface area contributed by atoms with Crippen LogP contribution in [0.4, 0.5) is 5.69 Å². The maximum absolute atomic E-state index is 12.1. The third-order valence-corrected chi connectivity index (χ3v) is 4.20. The van der Waals surface area contributed by atoms with Gasteiger partial charge in [-0.15, -0.1) is 11.3 Å². The summed E-state index contributed by atoms with van der Waals surface area (Å²) in [5.74, 6) is -0.189. The van der Waals surface area contributed by atoms with Crippen LogP contribution in [0, 0.1) is 6.92 Å². The average molecular weight is 340 g/mol. The summed E-state index contributed by atoms with van der Waals surface area (Å²) in [4.78, 5) is 17.5. The van der Waals surface area contributed by atoms with Crippen molar-refractivity contribution in [1.82, 2.24) is 10.3 Å². The fourth-order valence-corrected chi connectivity index (χ4v) is 2.80. The summed E-state index contributed by atoms with van der Waals surface area (Å²) >= 11 is 4.89. The predicted molar refractivity (Wildman–Crippen MR) is 81.3 cm³/mol. The van der Waals surface area contributed by atoms with Gasteiger partial charge in [0.2, 0.25) is 0 Å². The number of carbonyl (C=O) groups excluding carboxylic acids is 1. The minimum absolute atomic E-state index is 0.130. The Labute approximate surface area is 124 Å². The fourth-order valence-electron chi connectivity index (χ4n) is 1.65. The molecule has 1 atom stereocenters. The predicted octanol–water partition coefficient (Wildman–Crippen LogP) is 3.29. The average Bonchev–Trinajstić information content (AvgIpc) is 2.75. The van der Waals surface area contributed by atoms with E-state index in [2.05, 4.69) is 26.2 Å². The number of halogens is 1. The van der Waals surface area contributed by atoms with Crippen LogP contribution in [0.5, 0.6) is 0 Å². The Hall–Kier alpha value is -1.40. The molecule has 100 valence electrons. The van der Waals surface area contributed by atoms with E-state index in [-0.39, 0.29) is 11.9 Å². The molecule has 2 rings (SSSR count). The van der Waals surface area contributed by atoms with Crippen LogP contribution >= 0.6 is 27.3 Å². The second kappa shape index (κ2) is 5.71. The molecule has 0 bridgehead atoms. The van der Waals surface area contributed by atoms with Crippen LogP contribution < -0.4 is 11.1 Å². The molecule has 1 heterocycles. The molecular weight excluding hydrogens is 326 g/mol. The summed E-state index contributed by atoms with van der Waals surface area (Å²) in [6, 6.07) is 5.08. The van der Waals surface area contributed by atoms with Crippen molar-refractivity contribution in [3.05, 3.63) is 44.3 Å². The van der Waals surface area contributed by atoms with E-state index in [9.17, 15) is 4.79 Å². The van der Waals surface area contributed by atoms with Crippen molar-refractivity contribution in [3.8, 4) is 0 Å². The van der Waals surface area contributed by atoms with Gasteiger partial charge in [0, 0.05) is 21.2 Å². The van der Waals surface area contributed by atoms with E-state index in [1.807, 2.05) is 13.8 Å². The molecule has 0 saturated carbocycles. The van der Waals surface area contributed by atoms with Crippen LogP contribution in [-0.4, -0.2) is 10.9 Å². The third-order valence-electron chi connectivity index (χ3n) is 2.62. The number of nitrogens with zero attached hydrogens (tertiary/aromatic N) is 1. The second-order valence-corrected chi connectivity index (χ2v) is 6.42. The highest BCUT2D eigenvalue weighted by Crippen LogP contribution is 2.22. The number of nitrogens with one attached hydrogen (secondary N) is 1. The Morgan fingerprint density at radius 1 is 1.53 bits per heavy atom. The van der Waals surface area contributed by atoms with Crippen molar-refractivity contribution in [2.75, 3.05) is 5.73 Å². The Balaban J connectivity index is 2.12. The lowest BCUT2D eigenvalue weighted by Crippen LogP contribution is -2.27. The quantitative estimate of drug-likeness (QED) is 0.843. The number of rotatable bonds is 3. The summed E-state index contributed by atoms with van der Waals surface area (Å²) < 4.78 is 0.852. The lowest BCUT2D eigenvalue weighted by Gasteiger charge is -2.12. The number of hydrogen-bond donors (Lipinski definition) is 2. The first-order valence-electron chi connectivity index (χ1n) is 5.75. The van der Waals surface area contributed by atoms with Gasteiger partial charge in [0.25, 0.3) is 5.91 Å². The molecule has 19 heavy (non-hydrogen) atoms. The Morgan fingerprint density at radius 2 is 2.26 bits per heavy atom. The SMILES string of the molecule is Cc1cnc(C(C)NC(=O)c2ccc(Br)cc2N)s1. The maximum Gasteiger partial charge on any atom is 0.253 e. The standard InChI is InChI=1S/C13H14BrN3OS/c1-7-6-16-13(19-7)8(2)17-12(18)10-4-3-9(14)5-11(10)15/h3-6,8H,15H2,1-2H3,(H,17,18). The van der Waals surface area contributed by atoms with E-state index < -0.39 is 0 Å². The summed E-state index contributed by atoms with van der Waals surface area (Å²) in [6.07, 6.45) is 1.80. The summed E-state index contributed by atoms with van der Waals surface area (Å²) in [7, 11) is 0. The summed E-state index contributed by atoms with van der Waals surface area (Å²) in [6.45, 7) is 3.90.